The number of thiophene rings is 1. The third kappa shape index (κ3) is 3.75. The van der Waals surface area contributed by atoms with E-state index in [1.54, 1.807) is 44.6 Å². The Labute approximate surface area is 128 Å². The van der Waals surface area contributed by atoms with Gasteiger partial charge in [-0.1, -0.05) is 6.07 Å². The van der Waals surface area contributed by atoms with Crippen LogP contribution < -0.4 is 14.2 Å². The SMILES string of the molecule is COc1ccc(CNS(=O)(=O)c2ccc(C)s2)cc1OC. The van der Waals surface area contributed by atoms with Crippen LogP contribution in [0.5, 0.6) is 11.5 Å². The summed E-state index contributed by atoms with van der Waals surface area (Å²) in [5.41, 5.74) is 0.796. The molecule has 0 saturated carbocycles. The van der Waals surface area contributed by atoms with E-state index in [9.17, 15) is 8.42 Å². The summed E-state index contributed by atoms with van der Waals surface area (Å²) in [5.74, 6) is 1.18. The molecule has 0 unspecified atom stereocenters. The lowest BCUT2D eigenvalue weighted by molar-refractivity contribution is 0.354. The number of hydrogen-bond acceptors (Lipinski definition) is 5. The highest BCUT2D eigenvalue weighted by Crippen LogP contribution is 2.27. The van der Waals surface area contributed by atoms with Gasteiger partial charge in [0.1, 0.15) is 4.21 Å². The van der Waals surface area contributed by atoms with Gasteiger partial charge >= 0.3 is 0 Å². The predicted octanol–water partition coefficient (Wildman–Crippen LogP) is 2.55. The lowest BCUT2D eigenvalue weighted by Gasteiger charge is -2.10. The second-order valence-corrected chi connectivity index (χ2v) is 7.66. The fourth-order valence-electron chi connectivity index (χ4n) is 1.80. The number of benzene rings is 1. The molecule has 114 valence electrons. The molecule has 0 spiro atoms. The second-order valence-electron chi connectivity index (χ2n) is 4.38. The Hall–Kier alpha value is -1.57. The minimum absolute atomic E-state index is 0.194. The molecule has 0 bridgehead atoms. The molecule has 0 fully saturated rings. The van der Waals surface area contributed by atoms with Gasteiger partial charge in [0.15, 0.2) is 11.5 Å². The molecule has 5 nitrogen and oxygen atoms in total. The number of ether oxygens (including phenoxy) is 2. The number of hydrogen-bond donors (Lipinski definition) is 1. The van der Waals surface area contributed by atoms with Crippen molar-refractivity contribution in [2.45, 2.75) is 17.7 Å². The summed E-state index contributed by atoms with van der Waals surface area (Å²) in [4.78, 5) is 0.960. The third-order valence-corrected chi connectivity index (χ3v) is 5.79. The normalized spacial score (nSPS) is 11.4. The largest absolute Gasteiger partial charge is 0.493 e. The minimum atomic E-state index is -3.48. The van der Waals surface area contributed by atoms with Crippen LogP contribution in [0.4, 0.5) is 0 Å². The van der Waals surface area contributed by atoms with E-state index in [0.29, 0.717) is 15.7 Å². The summed E-state index contributed by atoms with van der Waals surface area (Å²) in [5, 5.41) is 0. The van der Waals surface area contributed by atoms with Crippen molar-refractivity contribution in [2.24, 2.45) is 0 Å². The Morgan fingerprint density at radius 3 is 2.38 bits per heavy atom. The molecular weight excluding hydrogens is 310 g/mol. The molecule has 21 heavy (non-hydrogen) atoms. The van der Waals surface area contributed by atoms with Crippen LogP contribution in [0.2, 0.25) is 0 Å². The minimum Gasteiger partial charge on any atom is -0.493 e. The molecule has 1 aromatic heterocycles. The highest BCUT2D eigenvalue weighted by atomic mass is 32.2. The Bertz CT molecular complexity index is 722. The molecule has 1 N–H and O–H groups in total. The smallest absolute Gasteiger partial charge is 0.250 e. The van der Waals surface area contributed by atoms with Gasteiger partial charge in [0.05, 0.1) is 14.2 Å². The zero-order valence-corrected chi connectivity index (χ0v) is 13.7. The average molecular weight is 327 g/mol. The summed E-state index contributed by atoms with van der Waals surface area (Å²) in [6, 6.07) is 8.69. The fourth-order valence-corrected chi connectivity index (χ4v) is 4.14. The first-order valence-electron chi connectivity index (χ1n) is 6.23. The summed E-state index contributed by atoms with van der Waals surface area (Å²) >= 11 is 1.25. The second kappa shape index (κ2) is 6.46. The molecule has 0 aliphatic rings. The standard InChI is InChI=1S/C14H17NO4S2/c1-10-4-7-14(20-10)21(16,17)15-9-11-5-6-12(18-2)13(8-11)19-3/h4-8,15H,9H2,1-3H3. The summed E-state index contributed by atoms with van der Waals surface area (Å²) in [7, 11) is -0.380. The molecule has 2 aromatic rings. The zero-order chi connectivity index (χ0) is 15.5. The van der Waals surface area contributed by atoms with E-state index in [4.69, 9.17) is 9.47 Å². The van der Waals surface area contributed by atoms with Gasteiger partial charge in [-0.3, -0.25) is 0 Å². The lowest BCUT2D eigenvalue weighted by Crippen LogP contribution is -2.22. The van der Waals surface area contributed by atoms with Crippen LogP contribution in [-0.2, 0) is 16.6 Å². The quantitative estimate of drug-likeness (QED) is 0.885. The maximum atomic E-state index is 12.1. The van der Waals surface area contributed by atoms with E-state index < -0.39 is 10.0 Å². The van der Waals surface area contributed by atoms with Crippen molar-refractivity contribution >= 4 is 21.4 Å². The Balaban J connectivity index is 2.13. The van der Waals surface area contributed by atoms with Crippen molar-refractivity contribution in [3.05, 3.63) is 40.8 Å². The molecule has 7 heteroatoms. The number of aryl methyl sites for hydroxylation is 1. The Morgan fingerprint density at radius 2 is 1.81 bits per heavy atom. The Morgan fingerprint density at radius 1 is 1.10 bits per heavy atom. The van der Waals surface area contributed by atoms with Crippen LogP contribution >= 0.6 is 11.3 Å². The first-order chi connectivity index (χ1) is 9.96. The summed E-state index contributed by atoms with van der Waals surface area (Å²) in [6.07, 6.45) is 0. The van der Waals surface area contributed by atoms with Crippen molar-refractivity contribution < 1.29 is 17.9 Å². The lowest BCUT2D eigenvalue weighted by atomic mass is 10.2. The van der Waals surface area contributed by atoms with Crippen LogP contribution in [0.3, 0.4) is 0 Å². The highest BCUT2D eigenvalue weighted by molar-refractivity contribution is 7.91. The maximum Gasteiger partial charge on any atom is 0.250 e. The first-order valence-corrected chi connectivity index (χ1v) is 8.53. The molecule has 0 amide bonds. The van der Waals surface area contributed by atoms with Crippen molar-refractivity contribution in [3.63, 3.8) is 0 Å². The van der Waals surface area contributed by atoms with Crippen LogP contribution in [0, 0.1) is 6.92 Å². The van der Waals surface area contributed by atoms with E-state index in [2.05, 4.69) is 4.72 Å². The van der Waals surface area contributed by atoms with Gasteiger partial charge in [-0.15, -0.1) is 11.3 Å². The van der Waals surface area contributed by atoms with Crippen LogP contribution in [0.1, 0.15) is 10.4 Å². The van der Waals surface area contributed by atoms with Crippen molar-refractivity contribution in [2.75, 3.05) is 14.2 Å². The van der Waals surface area contributed by atoms with Crippen molar-refractivity contribution in [1.29, 1.82) is 0 Å². The van der Waals surface area contributed by atoms with Gasteiger partial charge in [0, 0.05) is 11.4 Å². The van der Waals surface area contributed by atoms with E-state index in [1.807, 2.05) is 6.92 Å². The molecule has 1 aromatic carbocycles. The zero-order valence-electron chi connectivity index (χ0n) is 12.0. The molecule has 0 aliphatic carbocycles. The van der Waals surface area contributed by atoms with Gasteiger partial charge < -0.3 is 9.47 Å². The highest BCUT2D eigenvalue weighted by Gasteiger charge is 2.16. The molecule has 0 aliphatic heterocycles. The van der Waals surface area contributed by atoms with Crippen molar-refractivity contribution in [1.82, 2.24) is 4.72 Å². The van der Waals surface area contributed by atoms with Gasteiger partial charge in [-0.2, -0.15) is 0 Å². The number of rotatable bonds is 6. The van der Waals surface area contributed by atoms with E-state index in [-0.39, 0.29) is 6.54 Å². The topological polar surface area (TPSA) is 64.6 Å². The summed E-state index contributed by atoms with van der Waals surface area (Å²) < 4.78 is 37.5. The van der Waals surface area contributed by atoms with Crippen LogP contribution in [0.15, 0.2) is 34.5 Å². The van der Waals surface area contributed by atoms with Gasteiger partial charge in [0.25, 0.3) is 0 Å². The number of sulfonamides is 1. The predicted molar refractivity (Wildman–Crippen MR) is 82.6 cm³/mol. The Kier molecular flexibility index (Phi) is 4.87. The monoisotopic (exact) mass is 327 g/mol. The molecule has 0 saturated heterocycles. The van der Waals surface area contributed by atoms with Crippen LogP contribution in [0.25, 0.3) is 0 Å². The van der Waals surface area contributed by atoms with Crippen LogP contribution in [-0.4, -0.2) is 22.6 Å². The molecule has 1 heterocycles. The summed E-state index contributed by atoms with van der Waals surface area (Å²) in [6.45, 7) is 2.07. The fraction of sp³-hybridized carbons (Fsp3) is 0.286. The first kappa shape index (κ1) is 15.8. The van der Waals surface area contributed by atoms with Gasteiger partial charge in [0.2, 0.25) is 10.0 Å². The van der Waals surface area contributed by atoms with E-state index in [0.717, 1.165) is 10.4 Å². The third-order valence-electron chi connectivity index (χ3n) is 2.89. The molecule has 0 radical (unpaired) electrons. The number of methoxy groups -OCH3 is 2. The van der Waals surface area contributed by atoms with E-state index >= 15 is 0 Å². The number of nitrogens with one attached hydrogen (secondary N) is 1. The maximum absolute atomic E-state index is 12.1. The van der Waals surface area contributed by atoms with Crippen molar-refractivity contribution in [3.8, 4) is 11.5 Å². The average Bonchev–Trinajstić information content (AvgIpc) is 2.92. The van der Waals surface area contributed by atoms with E-state index in [1.165, 1.54) is 11.3 Å². The van der Waals surface area contributed by atoms with Gasteiger partial charge in [-0.25, -0.2) is 13.1 Å². The molecule has 0 atom stereocenters. The molecular formula is C14H17NO4S2. The molecule has 2 rings (SSSR count). The van der Waals surface area contributed by atoms with Gasteiger partial charge in [-0.05, 0) is 36.8 Å².